The molecule has 4 heteroatoms. The highest BCUT2D eigenvalue weighted by atomic mass is 16.7. The average Bonchev–Trinajstić information content (AvgIpc) is 2.77. The first-order chi connectivity index (χ1) is 8.76. The Labute approximate surface area is 108 Å². The number of ether oxygens (including phenoxy) is 2. The molecule has 2 saturated heterocycles. The number of nitrogens with two attached hydrogens (primary N) is 1. The Morgan fingerprint density at radius 1 is 1.28 bits per heavy atom. The number of hydrogen-bond donors (Lipinski definition) is 1. The van der Waals surface area contributed by atoms with Crippen molar-refractivity contribution in [3.8, 4) is 0 Å². The number of rotatable bonds is 2. The van der Waals surface area contributed by atoms with Crippen molar-refractivity contribution in [3.63, 3.8) is 0 Å². The van der Waals surface area contributed by atoms with E-state index in [1.165, 1.54) is 5.56 Å². The van der Waals surface area contributed by atoms with E-state index in [-0.39, 0.29) is 5.79 Å². The lowest BCUT2D eigenvalue weighted by Crippen LogP contribution is -2.48. The van der Waals surface area contributed by atoms with Crippen molar-refractivity contribution >= 4 is 5.69 Å². The Kier molecular flexibility index (Phi) is 3.24. The van der Waals surface area contributed by atoms with E-state index in [0.29, 0.717) is 0 Å². The molecule has 0 aliphatic carbocycles. The fraction of sp³-hybridized carbons (Fsp3) is 0.571. The summed E-state index contributed by atoms with van der Waals surface area (Å²) in [4.78, 5) is 2.39. The minimum atomic E-state index is -0.335. The monoisotopic (exact) mass is 248 g/mol. The predicted octanol–water partition coefficient (Wildman–Crippen LogP) is 1.61. The van der Waals surface area contributed by atoms with Gasteiger partial charge in [0.2, 0.25) is 0 Å². The van der Waals surface area contributed by atoms with Crippen molar-refractivity contribution in [1.29, 1.82) is 0 Å². The molecule has 1 aromatic carbocycles. The molecule has 18 heavy (non-hydrogen) atoms. The summed E-state index contributed by atoms with van der Waals surface area (Å²) in [6.45, 7) is 4.34. The van der Waals surface area contributed by atoms with Crippen LogP contribution in [0.5, 0.6) is 0 Å². The molecule has 0 unspecified atom stereocenters. The Bertz CT molecular complexity index is 416. The first-order valence-corrected chi connectivity index (χ1v) is 6.60. The van der Waals surface area contributed by atoms with E-state index in [0.717, 1.165) is 51.4 Å². The molecule has 2 N–H and O–H groups in total. The fourth-order valence-corrected chi connectivity index (χ4v) is 2.89. The molecule has 4 nitrogen and oxygen atoms in total. The number of hydrogen-bond acceptors (Lipinski definition) is 4. The SMILES string of the molecule is Nc1cccc(CN2CCCC3(C2)OCCO3)c1. The maximum absolute atomic E-state index is 5.81. The number of piperidine rings is 1. The van der Waals surface area contributed by atoms with E-state index in [1.807, 2.05) is 18.2 Å². The molecule has 2 heterocycles. The third kappa shape index (κ3) is 2.51. The summed E-state index contributed by atoms with van der Waals surface area (Å²) in [7, 11) is 0. The maximum atomic E-state index is 5.81. The van der Waals surface area contributed by atoms with Crippen LogP contribution in [0.15, 0.2) is 24.3 Å². The van der Waals surface area contributed by atoms with Crippen LogP contribution < -0.4 is 5.73 Å². The lowest BCUT2D eigenvalue weighted by Gasteiger charge is -2.38. The van der Waals surface area contributed by atoms with E-state index < -0.39 is 0 Å². The number of nitrogens with zero attached hydrogens (tertiary/aromatic N) is 1. The standard InChI is InChI=1S/C14H20N2O2/c15-13-4-1-3-12(9-13)10-16-6-2-5-14(11-16)17-7-8-18-14/h1,3-4,9H,2,5-8,10-11,15H2. The van der Waals surface area contributed by atoms with Gasteiger partial charge in [-0.15, -0.1) is 0 Å². The van der Waals surface area contributed by atoms with Crippen molar-refractivity contribution in [2.45, 2.75) is 25.2 Å². The highest BCUT2D eigenvalue weighted by molar-refractivity contribution is 5.40. The van der Waals surface area contributed by atoms with Gasteiger partial charge >= 0.3 is 0 Å². The normalized spacial score (nSPS) is 23.6. The van der Waals surface area contributed by atoms with Gasteiger partial charge in [0.15, 0.2) is 5.79 Å². The molecule has 1 spiro atoms. The van der Waals surface area contributed by atoms with Crippen LogP contribution in [-0.4, -0.2) is 37.0 Å². The second-order valence-electron chi connectivity index (χ2n) is 5.17. The number of anilines is 1. The molecule has 0 aromatic heterocycles. The van der Waals surface area contributed by atoms with Gasteiger partial charge in [-0.1, -0.05) is 12.1 Å². The lowest BCUT2D eigenvalue weighted by atomic mass is 10.0. The maximum Gasteiger partial charge on any atom is 0.181 e. The molecule has 1 aromatic rings. The Morgan fingerprint density at radius 2 is 2.11 bits per heavy atom. The number of likely N-dealkylation sites (tertiary alicyclic amines) is 1. The van der Waals surface area contributed by atoms with Gasteiger partial charge < -0.3 is 15.2 Å². The van der Waals surface area contributed by atoms with Crippen molar-refractivity contribution in [3.05, 3.63) is 29.8 Å². The van der Waals surface area contributed by atoms with Gasteiger partial charge in [-0.25, -0.2) is 0 Å². The fourth-order valence-electron chi connectivity index (χ4n) is 2.89. The van der Waals surface area contributed by atoms with Crippen molar-refractivity contribution in [2.75, 3.05) is 32.0 Å². The summed E-state index contributed by atoms with van der Waals surface area (Å²) >= 11 is 0. The third-order valence-corrected chi connectivity index (χ3v) is 3.67. The molecule has 2 aliphatic rings. The van der Waals surface area contributed by atoms with Crippen LogP contribution in [0.25, 0.3) is 0 Å². The lowest BCUT2D eigenvalue weighted by molar-refractivity contribution is -0.190. The van der Waals surface area contributed by atoms with Gasteiger partial charge in [0.1, 0.15) is 0 Å². The van der Waals surface area contributed by atoms with E-state index in [2.05, 4.69) is 11.0 Å². The Balaban J connectivity index is 1.66. The van der Waals surface area contributed by atoms with Gasteiger partial charge in [-0.2, -0.15) is 0 Å². The molecular formula is C14H20N2O2. The molecule has 0 amide bonds. The molecular weight excluding hydrogens is 228 g/mol. The van der Waals surface area contributed by atoms with Crippen LogP contribution in [0, 0.1) is 0 Å². The largest absolute Gasteiger partial charge is 0.399 e. The minimum absolute atomic E-state index is 0.335. The summed E-state index contributed by atoms with van der Waals surface area (Å²) < 4.78 is 11.6. The second-order valence-corrected chi connectivity index (χ2v) is 5.17. The predicted molar refractivity (Wildman–Crippen MR) is 70.0 cm³/mol. The van der Waals surface area contributed by atoms with E-state index in [4.69, 9.17) is 15.2 Å². The van der Waals surface area contributed by atoms with Gasteiger partial charge in [0.05, 0.1) is 19.8 Å². The molecule has 0 saturated carbocycles. The molecule has 3 rings (SSSR count). The molecule has 0 atom stereocenters. The van der Waals surface area contributed by atoms with Crippen molar-refractivity contribution in [2.24, 2.45) is 0 Å². The van der Waals surface area contributed by atoms with E-state index in [9.17, 15) is 0 Å². The third-order valence-electron chi connectivity index (χ3n) is 3.67. The smallest absolute Gasteiger partial charge is 0.181 e. The van der Waals surface area contributed by atoms with E-state index >= 15 is 0 Å². The molecule has 0 radical (unpaired) electrons. The second kappa shape index (κ2) is 4.88. The molecule has 2 fully saturated rings. The topological polar surface area (TPSA) is 47.7 Å². The van der Waals surface area contributed by atoms with Crippen LogP contribution in [0.1, 0.15) is 18.4 Å². The minimum Gasteiger partial charge on any atom is -0.399 e. The highest BCUT2D eigenvalue weighted by Crippen LogP contribution is 2.30. The molecule has 2 aliphatic heterocycles. The zero-order chi connectivity index (χ0) is 12.4. The van der Waals surface area contributed by atoms with E-state index in [1.54, 1.807) is 0 Å². The summed E-state index contributed by atoms with van der Waals surface area (Å²) in [5.74, 6) is -0.335. The zero-order valence-corrected chi connectivity index (χ0v) is 10.6. The Morgan fingerprint density at radius 3 is 2.89 bits per heavy atom. The summed E-state index contributed by atoms with van der Waals surface area (Å²) in [6, 6.07) is 8.09. The molecule has 98 valence electrons. The van der Waals surface area contributed by atoms with Crippen LogP contribution >= 0.6 is 0 Å². The Hall–Kier alpha value is -1.10. The number of benzene rings is 1. The van der Waals surface area contributed by atoms with Crippen LogP contribution in [0.3, 0.4) is 0 Å². The van der Waals surface area contributed by atoms with Gasteiger partial charge in [-0.3, -0.25) is 4.90 Å². The zero-order valence-electron chi connectivity index (χ0n) is 10.6. The summed E-state index contributed by atoms with van der Waals surface area (Å²) in [5.41, 5.74) is 7.89. The first-order valence-electron chi connectivity index (χ1n) is 6.60. The number of nitrogen functional groups attached to an aromatic ring is 1. The van der Waals surface area contributed by atoms with Crippen molar-refractivity contribution < 1.29 is 9.47 Å². The highest BCUT2D eigenvalue weighted by Gasteiger charge is 2.40. The molecule has 0 bridgehead atoms. The van der Waals surface area contributed by atoms with Crippen molar-refractivity contribution in [1.82, 2.24) is 4.90 Å². The van der Waals surface area contributed by atoms with Crippen LogP contribution in [0.4, 0.5) is 5.69 Å². The van der Waals surface area contributed by atoms with Crippen LogP contribution in [0.2, 0.25) is 0 Å². The van der Waals surface area contributed by atoms with Gasteiger partial charge in [-0.05, 0) is 30.7 Å². The first kappa shape index (κ1) is 12.0. The van der Waals surface area contributed by atoms with Crippen LogP contribution in [-0.2, 0) is 16.0 Å². The van der Waals surface area contributed by atoms with Gasteiger partial charge in [0.25, 0.3) is 0 Å². The summed E-state index contributed by atoms with van der Waals surface area (Å²) in [5, 5.41) is 0. The average molecular weight is 248 g/mol. The summed E-state index contributed by atoms with van der Waals surface area (Å²) in [6.07, 6.45) is 2.14. The van der Waals surface area contributed by atoms with Gasteiger partial charge in [0, 0.05) is 18.7 Å². The quantitative estimate of drug-likeness (QED) is 0.808.